The predicted molar refractivity (Wildman–Crippen MR) is 85.3 cm³/mol. The van der Waals surface area contributed by atoms with Crippen LogP contribution in [-0.2, 0) is 4.74 Å². The fourth-order valence-corrected chi connectivity index (χ4v) is 2.54. The lowest BCUT2D eigenvalue weighted by Crippen LogP contribution is -2.45. The zero-order valence-electron chi connectivity index (χ0n) is 13.6. The van der Waals surface area contributed by atoms with Gasteiger partial charge in [0.1, 0.15) is 0 Å². The highest BCUT2D eigenvalue weighted by Gasteiger charge is 2.23. The molecule has 2 N–H and O–H groups in total. The molecule has 0 aromatic carbocycles. The van der Waals surface area contributed by atoms with E-state index < -0.39 is 0 Å². The maximum Gasteiger partial charge on any atom is 0.191 e. The minimum Gasteiger partial charge on any atom is -0.383 e. The Hall–Kier alpha value is -0.810. The van der Waals surface area contributed by atoms with Gasteiger partial charge < -0.3 is 15.4 Å². The van der Waals surface area contributed by atoms with Crippen LogP contribution in [0.3, 0.4) is 0 Å². The van der Waals surface area contributed by atoms with Gasteiger partial charge in [0.15, 0.2) is 5.96 Å². The lowest BCUT2D eigenvalue weighted by molar-refractivity contribution is 0.141. The Morgan fingerprint density at radius 1 is 1.40 bits per heavy atom. The minimum atomic E-state index is 0.605. The van der Waals surface area contributed by atoms with Crippen LogP contribution in [0, 0.1) is 5.92 Å². The number of likely N-dealkylation sites (tertiary alicyclic amines) is 1. The molecule has 20 heavy (non-hydrogen) atoms. The monoisotopic (exact) mass is 284 g/mol. The van der Waals surface area contributed by atoms with Crippen molar-refractivity contribution in [3.8, 4) is 0 Å². The van der Waals surface area contributed by atoms with Crippen molar-refractivity contribution in [2.45, 2.75) is 39.2 Å². The van der Waals surface area contributed by atoms with Gasteiger partial charge in [-0.25, -0.2) is 0 Å². The minimum absolute atomic E-state index is 0.605. The molecule has 1 aliphatic rings. The third-order valence-electron chi connectivity index (χ3n) is 3.82. The number of nitrogens with zero attached hydrogens (tertiary/aromatic N) is 2. The van der Waals surface area contributed by atoms with Gasteiger partial charge in [0.05, 0.1) is 6.61 Å². The van der Waals surface area contributed by atoms with Crippen LogP contribution in [0.25, 0.3) is 0 Å². The van der Waals surface area contributed by atoms with Crippen molar-refractivity contribution in [3.63, 3.8) is 0 Å². The number of aliphatic imine (C=N–C) groups is 1. The number of guanidine groups is 1. The van der Waals surface area contributed by atoms with Crippen molar-refractivity contribution in [1.82, 2.24) is 15.5 Å². The largest absolute Gasteiger partial charge is 0.383 e. The van der Waals surface area contributed by atoms with E-state index in [0.717, 1.165) is 38.1 Å². The number of ether oxygens (including phenoxy) is 1. The normalized spacial score (nSPS) is 20.6. The molecular formula is C15H32N4O. The van der Waals surface area contributed by atoms with Crippen molar-refractivity contribution in [2.24, 2.45) is 10.9 Å². The van der Waals surface area contributed by atoms with Gasteiger partial charge in [-0.3, -0.25) is 9.89 Å². The summed E-state index contributed by atoms with van der Waals surface area (Å²) < 4.78 is 5.18. The summed E-state index contributed by atoms with van der Waals surface area (Å²) in [6, 6.07) is 0.605. The number of rotatable bonds is 8. The summed E-state index contributed by atoms with van der Waals surface area (Å²) in [5, 5.41) is 6.83. The standard InChI is InChI=1S/C15H32N4O/c1-13(2)7-8-17-15(16-3)18-12-14-6-5-9-19(14)10-11-20-4/h13-14H,5-12H2,1-4H3,(H2,16,17,18). The summed E-state index contributed by atoms with van der Waals surface area (Å²) in [5.74, 6) is 1.64. The van der Waals surface area contributed by atoms with Crippen molar-refractivity contribution in [2.75, 3.05) is 46.9 Å². The van der Waals surface area contributed by atoms with Gasteiger partial charge in [0, 0.05) is 39.8 Å². The number of hydrogen-bond donors (Lipinski definition) is 2. The molecule has 1 heterocycles. The smallest absolute Gasteiger partial charge is 0.191 e. The summed E-state index contributed by atoms with van der Waals surface area (Å²) in [5.41, 5.74) is 0. The van der Waals surface area contributed by atoms with Crippen LogP contribution in [0.15, 0.2) is 4.99 Å². The zero-order chi connectivity index (χ0) is 14.8. The lowest BCUT2D eigenvalue weighted by Gasteiger charge is -2.25. The first-order valence-corrected chi connectivity index (χ1v) is 7.84. The number of nitrogens with one attached hydrogen (secondary N) is 2. The first-order chi connectivity index (χ1) is 9.67. The third-order valence-corrected chi connectivity index (χ3v) is 3.82. The van der Waals surface area contributed by atoms with E-state index in [2.05, 4.69) is 34.4 Å². The van der Waals surface area contributed by atoms with Crippen molar-refractivity contribution in [1.29, 1.82) is 0 Å². The molecule has 0 bridgehead atoms. The van der Waals surface area contributed by atoms with E-state index in [0.29, 0.717) is 6.04 Å². The van der Waals surface area contributed by atoms with Crippen LogP contribution in [0.1, 0.15) is 33.1 Å². The molecule has 1 atom stereocenters. The molecular weight excluding hydrogens is 252 g/mol. The molecule has 5 nitrogen and oxygen atoms in total. The quantitative estimate of drug-likeness (QED) is 0.521. The topological polar surface area (TPSA) is 48.9 Å². The maximum absolute atomic E-state index is 5.18. The van der Waals surface area contributed by atoms with Gasteiger partial charge in [0.2, 0.25) is 0 Å². The van der Waals surface area contributed by atoms with E-state index >= 15 is 0 Å². The van der Waals surface area contributed by atoms with Gasteiger partial charge in [-0.15, -0.1) is 0 Å². The lowest BCUT2D eigenvalue weighted by atomic mass is 10.1. The van der Waals surface area contributed by atoms with Crippen LogP contribution < -0.4 is 10.6 Å². The maximum atomic E-state index is 5.18. The van der Waals surface area contributed by atoms with Crippen LogP contribution in [-0.4, -0.2) is 63.8 Å². The molecule has 1 aliphatic heterocycles. The number of methoxy groups -OCH3 is 1. The average molecular weight is 284 g/mol. The molecule has 0 aromatic rings. The fraction of sp³-hybridized carbons (Fsp3) is 0.933. The molecule has 1 saturated heterocycles. The highest BCUT2D eigenvalue weighted by molar-refractivity contribution is 5.79. The zero-order valence-corrected chi connectivity index (χ0v) is 13.6. The average Bonchev–Trinajstić information content (AvgIpc) is 2.87. The van der Waals surface area contributed by atoms with Gasteiger partial charge in [-0.1, -0.05) is 13.8 Å². The molecule has 0 radical (unpaired) electrons. The summed E-state index contributed by atoms with van der Waals surface area (Å²) in [6.07, 6.45) is 3.72. The second kappa shape index (κ2) is 10.00. The first kappa shape index (κ1) is 17.2. The molecule has 0 aliphatic carbocycles. The highest BCUT2D eigenvalue weighted by Crippen LogP contribution is 2.15. The Morgan fingerprint density at radius 3 is 2.85 bits per heavy atom. The van der Waals surface area contributed by atoms with Crippen molar-refractivity contribution in [3.05, 3.63) is 0 Å². The van der Waals surface area contributed by atoms with Crippen LogP contribution in [0.5, 0.6) is 0 Å². The van der Waals surface area contributed by atoms with E-state index in [-0.39, 0.29) is 0 Å². The Bertz CT molecular complexity index is 281. The Kier molecular flexibility index (Phi) is 8.62. The second-order valence-electron chi connectivity index (χ2n) is 5.89. The van der Waals surface area contributed by atoms with Crippen LogP contribution in [0.4, 0.5) is 0 Å². The molecule has 0 amide bonds. The summed E-state index contributed by atoms with van der Waals surface area (Å²) in [6.45, 7) is 9.46. The Morgan fingerprint density at radius 2 is 2.20 bits per heavy atom. The predicted octanol–water partition coefficient (Wildman–Crippen LogP) is 1.31. The third kappa shape index (κ3) is 6.57. The molecule has 1 rings (SSSR count). The van der Waals surface area contributed by atoms with Crippen LogP contribution >= 0.6 is 0 Å². The SMILES string of the molecule is CN=C(NCCC(C)C)NCC1CCCN1CCOC. The van der Waals surface area contributed by atoms with E-state index in [4.69, 9.17) is 4.74 Å². The highest BCUT2D eigenvalue weighted by atomic mass is 16.5. The number of hydrogen-bond acceptors (Lipinski definition) is 3. The Balaban J connectivity index is 2.25. The molecule has 0 spiro atoms. The molecule has 5 heteroatoms. The molecule has 118 valence electrons. The molecule has 0 saturated carbocycles. The van der Waals surface area contributed by atoms with Crippen LogP contribution in [0.2, 0.25) is 0 Å². The van der Waals surface area contributed by atoms with E-state index in [1.54, 1.807) is 7.11 Å². The molecule has 1 unspecified atom stereocenters. The van der Waals surface area contributed by atoms with Gasteiger partial charge >= 0.3 is 0 Å². The molecule has 0 aromatic heterocycles. The summed E-state index contributed by atoms with van der Waals surface area (Å²) in [7, 11) is 3.60. The Labute approximate surface area is 124 Å². The molecule has 1 fully saturated rings. The van der Waals surface area contributed by atoms with Crippen molar-refractivity contribution >= 4 is 5.96 Å². The first-order valence-electron chi connectivity index (χ1n) is 7.84. The van der Waals surface area contributed by atoms with Gasteiger partial charge in [-0.2, -0.15) is 0 Å². The van der Waals surface area contributed by atoms with Gasteiger partial charge in [-0.05, 0) is 31.7 Å². The summed E-state index contributed by atoms with van der Waals surface area (Å²) >= 11 is 0. The summed E-state index contributed by atoms with van der Waals surface area (Å²) in [4.78, 5) is 6.80. The van der Waals surface area contributed by atoms with E-state index in [1.807, 2.05) is 7.05 Å². The second-order valence-corrected chi connectivity index (χ2v) is 5.89. The van der Waals surface area contributed by atoms with Gasteiger partial charge in [0.25, 0.3) is 0 Å². The van der Waals surface area contributed by atoms with E-state index in [1.165, 1.54) is 25.8 Å². The fourth-order valence-electron chi connectivity index (χ4n) is 2.54. The van der Waals surface area contributed by atoms with Crippen molar-refractivity contribution < 1.29 is 4.74 Å². The van der Waals surface area contributed by atoms with E-state index in [9.17, 15) is 0 Å².